The molecule has 1 N–H and O–H groups in total. The number of hydrogen-bond donors (Lipinski definition) is 1. The van der Waals surface area contributed by atoms with Crippen molar-refractivity contribution in [2.75, 3.05) is 12.3 Å². The minimum absolute atomic E-state index is 0.193. The number of halogens is 4. The average molecular weight is 411 g/mol. The Kier molecular flexibility index (Phi) is 6.23. The van der Waals surface area contributed by atoms with Gasteiger partial charge in [-0.15, -0.1) is 11.8 Å². The van der Waals surface area contributed by atoms with E-state index < -0.39 is 24.5 Å². The van der Waals surface area contributed by atoms with Crippen LogP contribution in [-0.2, 0) is 17.5 Å². The van der Waals surface area contributed by atoms with Crippen LogP contribution < -0.4 is 5.32 Å². The lowest BCUT2D eigenvalue weighted by Gasteiger charge is -2.11. The molecule has 0 spiro atoms. The number of imidazole rings is 1. The van der Waals surface area contributed by atoms with Crippen LogP contribution in [0.4, 0.5) is 17.6 Å². The first kappa shape index (κ1) is 20.2. The van der Waals surface area contributed by atoms with Gasteiger partial charge in [0.15, 0.2) is 0 Å². The normalized spacial score (nSPS) is 11.7. The van der Waals surface area contributed by atoms with Crippen molar-refractivity contribution in [1.29, 1.82) is 0 Å². The van der Waals surface area contributed by atoms with Gasteiger partial charge in [0.1, 0.15) is 12.4 Å². The van der Waals surface area contributed by atoms with E-state index in [4.69, 9.17) is 0 Å². The molecule has 1 amide bonds. The van der Waals surface area contributed by atoms with E-state index in [0.29, 0.717) is 18.7 Å². The maximum absolute atomic E-state index is 13.2. The number of thioether (sulfide) groups is 1. The minimum Gasteiger partial charge on any atom is -0.355 e. The van der Waals surface area contributed by atoms with E-state index in [1.807, 2.05) is 0 Å². The average Bonchev–Trinajstić information content (AvgIpc) is 3.02. The van der Waals surface area contributed by atoms with Gasteiger partial charge in [0.05, 0.1) is 11.0 Å². The lowest BCUT2D eigenvalue weighted by molar-refractivity contribution is -0.147. The van der Waals surface area contributed by atoms with Crippen molar-refractivity contribution in [3.05, 3.63) is 60.2 Å². The molecule has 1 heterocycles. The summed E-state index contributed by atoms with van der Waals surface area (Å²) < 4.78 is 53.4. The Balaban J connectivity index is 1.54. The van der Waals surface area contributed by atoms with Gasteiger partial charge in [-0.05, 0) is 48.6 Å². The van der Waals surface area contributed by atoms with Gasteiger partial charge in [-0.1, -0.05) is 12.1 Å². The Hall–Kier alpha value is -2.55. The van der Waals surface area contributed by atoms with Crippen molar-refractivity contribution in [2.45, 2.75) is 24.0 Å². The van der Waals surface area contributed by atoms with Crippen LogP contribution in [0.3, 0.4) is 0 Å². The van der Waals surface area contributed by atoms with Crippen LogP contribution in [0.2, 0.25) is 0 Å². The molecule has 0 aliphatic heterocycles. The Morgan fingerprint density at radius 1 is 1.11 bits per heavy atom. The third-order valence-corrected chi connectivity index (χ3v) is 5.03. The van der Waals surface area contributed by atoms with Gasteiger partial charge < -0.3 is 9.88 Å². The number of para-hydroxylation sites is 2. The topological polar surface area (TPSA) is 46.9 Å². The van der Waals surface area contributed by atoms with E-state index in [1.165, 1.54) is 36.0 Å². The summed E-state index contributed by atoms with van der Waals surface area (Å²) >= 11 is 1.51. The summed E-state index contributed by atoms with van der Waals surface area (Å²) in [6.07, 6.45) is -4.02. The Labute approximate surface area is 162 Å². The summed E-state index contributed by atoms with van der Waals surface area (Å²) in [5, 5.41) is 2.63. The summed E-state index contributed by atoms with van der Waals surface area (Å²) in [5.74, 6) is -1.22. The van der Waals surface area contributed by atoms with E-state index in [0.717, 1.165) is 9.46 Å². The Morgan fingerprint density at radius 2 is 1.82 bits per heavy atom. The van der Waals surface area contributed by atoms with Crippen molar-refractivity contribution >= 4 is 28.7 Å². The SMILES string of the molecule is O=C(Cn1c(C(F)(F)F)nc2ccccc21)NCCCSc1ccc(F)cc1. The molecule has 0 unspecified atom stereocenters. The molecule has 0 aliphatic rings. The first-order valence-corrected chi connectivity index (χ1v) is 9.50. The summed E-state index contributed by atoms with van der Waals surface area (Å²) in [4.78, 5) is 16.7. The molecule has 0 radical (unpaired) electrons. The summed E-state index contributed by atoms with van der Waals surface area (Å²) in [7, 11) is 0. The van der Waals surface area contributed by atoms with Gasteiger partial charge in [-0.3, -0.25) is 4.79 Å². The summed E-state index contributed by atoms with van der Waals surface area (Å²) in [6, 6.07) is 12.3. The maximum Gasteiger partial charge on any atom is 0.449 e. The second-order valence-corrected chi connectivity index (χ2v) is 7.18. The maximum atomic E-state index is 13.2. The molecule has 9 heteroatoms. The highest BCUT2D eigenvalue weighted by Crippen LogP contribution is 2.31. The second-order valence-electron chi connectivity index (χ2n) is 6.01. The largest absolute Gasteiger partial charge is 0.449 e. The molecule has 0 atom stereocenters. The van der Waals surface area contributed by atoms with Crippen LogP contribution in [0.5, 0.6) is 0 Å². The number of benzene rings is 2. The highest BCUT2D eigenvalue weighted by atomic mass is 32.2. The van der Waals surface area contributed by atoms with Crippen molar-refractivity contribution in [2.24, 2.45) is 0 Å². The molecule has 0 aliphatic carbocycles. The lowest BCUT2D eigenvalue weighted by atomic mass is 10.3. The van der Waals surface area contributed by atoms with E-state index in [2.05, 4.69) is 10.3 Å². The molecule has 1 aromatic heterocycles. The molecule has 0 saturated carbocycles. The second kappa shape index (κ2) is 8.64. The van der Waals surface area contributed by atoms with Gasteiger partial charge in [0.2, 0.25) is 11.7 Å². The van der Waals surface area contributed by atoms with E-state index in [-0.39, 0.29) is 16.9 Å². The molecular formula is C19H17F4N3OS. The first-order valence-electron chi connectivity index (χ1n) is 8.52. The van der Waals surface area contributed by atoms with E-state index in [9.17, 15) is 22.4 Å². The van der Waals surface area contributed by atoms with Gasteiger partial charge in [0, 0.05) is 11.4 Å². The first-order chi connectivity index (χ1) is 13.3. The number of rotatable bonds is 7. The molecule has 2 aromatic carbocycles. The monoisotopic (exact) mass is 411 g/mol. The van der Waals surface area contributed by atoms with Crippen molar-refractivity contribution in [3.63, 3.8) is 0 Å². The zero-order chi connectivity index (χ0) is 20.1. The van der Waals surface area contributed by atoms with Crippen LogP contribution in [-0.4, -0.2) is 27.8 Å². The highest BCUT2D eigenvalue weighted by Gasteiger charge is 2.37. The van der Waals surface area contributed by atoms with E-state index >= 15 is 0 Å². The Morgan fingerprint density at radius 3 is 2.54 bits per heavy atom. The molecular weight excluding hydrogens is 394 g/mol. The number of nitrogens with zero attached hydrogens (tertiary/aromatic N) is 2. The minimum atomic E-state index is -4.65. The number of carbonyl (C=O) groups is 1. The summed E-state index contributed by atoms with van der Waals surface area (Å²) in [6.45, 7) is -0.124. The summed E-state index contributed by atoms with van der Waals surface area (Å²) in [5.41, 5.74) is 0.454. The van der Waals surface area contributed by atoms with Crippen molar-refractivity contribution in [1.82, 2.24) is 14.9 Å². The van der Waals surface area contributed by atoms with Crippen LogP contribution in [0.25, 0.3) is 11.0 Å². The number of alkyl halides is 3. The van der Waals surface area contributed by atoms with Crippen LogP contribution >= 0.6 is 11.8 Å². The van der Waals surface area contributed by atoms with Gasteiger partial charge in [-0.2, -0.15) is 13.2 Å². The predicted molar refractivity (Wildman–Crippen MR) is 99.5 cm³/mol. The molecule has 3 rings (SSSR count). The fourth-order valence-electron chi connectivity index (χ4n) is 2.67. The standard InChI is InChI=1S/C19H17F4N3OS/c20-13-6-8-14(9-7-13)28-11-3-10-24-17(27)12-26-16-5-2-1-4-15(16)25-18(26)19(21,22)23/h1-2,4-9H,3,10-12H2,(H,24,27). The zero-order valence-corrected chi connectivity index (χ0v) is 15.5. The fourth-order valence-corrected chi connectivity index (χ4v) is 3.53. The molecule has 3 aromatic rings. The van der Waals surface area contributed by atoms with Gasteiger partial charge in [0.25, 0.3) is 0 Å². The molecule has 0 saturated heterocycles. The van der Waals surface area contributed by atoms with Crippen molar-refractivity contribution in [3.8, 4) is 0 Å². The molecule has 148 valence electrons. The van der Waals surface area contributed by atoms with Crippen LogP contribution in [0, 0.1) is 5.82 Å². The number of hydrogen-bond acceptors (Lipinski definition) is 3. The smallest absolute Gasteiger partial charge is 0.355 e. The Bertz CT molecular complexity index is 954. The third kappa shape index (κ3) is 5.03. The van der Waals surface area contributed by atoms with Crippen molar-refractivity contribution < 1.29 is 22.4 Å². The number of carbonyl (C=O) groups excluding carboxylic acids is 1. The quantitative estimate of drug-likeness (QED) is 0.354. The van der Waals surface area contributed by atoms with Gasteiger partial charge >= 0.3 is 6.18 Å². The third-order valence-electron chi connectivity index (χ3n) is 3.94. The van der Waals surface area contributed by atoms with Gasteiger partial charge in [-0.25, -0.2) is 9.37 Å². The molecule has 28 heavy (non-hydrogen) atoms. The fraction of sp³-hybridized carbons (Fsp3) is 0.263. The number of fused-ring (bicyclic) bond motifs is 1. The predicted octanol–water partition coefficient (Wildman–Crippen LogP) is 4.49. The number of amides is 1. The number of aromatic nitrogens is 2. The highest BCUT2D eigenvalue weighted by molar-refractivity contribution is 7.99. The molecule has 4 nitrogen and oxygen atoms in total. The zero-order valence-electron chi connectivity index (χ0n) is 14.7. The molecule has 0 fully saturated rings. The van der Waals surface area contributed by atoms with E-state index in [1.54, 1.807) is 24.3 Å². The van der Waals surface area contributed by atoms with Crippen LogP contribution in [0.1, 0.15) is 12.2 Å². The molecule has 0 bridgehead atoms. The van der Waals surface area contributed by atoms with Crippen LogP contribution in [0.15, 0.2) is 53.4 Å². The lowest BCUT2D eigenvalue weighted by Crippen LogP contribution is -2.30. The number of nitrogens with one attached hydrogen (secondary N) is 1.